The number of rotatable bonds is 3. The summed E-state index contributed by atoms with van der Waals surface area (Å²) in [5.41, 5.74) is -0.432. The van der Waals surface area contributed by atoms with E-state index in [2.05, 4.69) is 4.98 Å². The molecule has 1 nitrogen and oxygen atoms in total. The summed E-state index contributed by atoms with van der Waals surface area (Å²) >= 11 is 0. The van der Waals surface area contributed by atoms with Crippen LogP contribution >= 0.6 is 7.92 Å². The van der Waals surface area contributed by atoms with Crippen LogP contribution in [0.15, 0.2) is 36.5 Å². The zero-order chi connectivity index (χ0) is 19.9. The van der Waals surface area contributed by atoms with Crippen molar-refractivity contribution in [3.63, 3.8) is 0 Å². The van der Waals surface area contributed by atoms with E-state index in [1.165, 1.54) is 12.1 Å². The third kappa shape index (κ3) is 3.27. The lowest BCUT2D eigenvalue weighted by Crippen LogP contribution is -2.32. The fourth-order valence-corrected chi connectivity index (χ4v) is 4.65. The Hall–Kier alpha value is -2.54. The van der Waals surface area contributed by atoms with Gasteiger partial charge in [0.05, 0.1) is 16.0 Å². The minimum absolute atomic E-state index is 0.0982. The molecule has 1 aromatic heterocycles. The van der Waals surface area contributed by atoms with Gasteiger partial charge >= 0.3 is 0 Å². The molecule has 0 radical (unpaired) electrons. The summed E-state index contributed by atoms with van der Waals surface area (Å²) in [5.74, 6) is -15.2. The summed E-state index contributed by atoms with van der Waals surface area (Å²) in [7, 11) is -3.17. The molecule has 0 spiro atoms. The van der Waals surface area contributed by atoms with Gasteiger partial charge in [0.25, 0.3) is 0 Å². The minimum Gasteiger partial charge on any atom is -0.256 e. The van der Waals surface area contributed by atoms with Crippen LogP contribution in [0.5, 0.6) is 0 Å². The van der Waals surface area contributed by atoms with E-state index < -0.39 is 70.5 Å². The first-order valence-corrected chi connectivity index (χ1v) is 8.45. The number of pyridine rings is 1. The highest BCUT2D eigenvalue weighted by atomic mass is 31.1. The summed E-state index contributed by atoms with van der Waals surface area (Å²) in [6.07, 6.45) is 1.07. The average Bonchev–Trinajstić information content (AvgIpc) is 2.64. The van der Waals surface area contributed by atoms with E-state index in [9.17, 15) is 35.1 Å². The third-order valence-corrected chi connectivity index (χ3v) is 5.91. The second-order valence-electron chi connectivity index (χ2n) is 5.16. The van der Waals surface area contributed by atoms with Gasteiger partial charge in [-0.05, 0) is 12.1 Å². The lowest BCUT2D eigenvalue weighted by molar-refractivity contribution is 0.461. The molecule has 0 unspecified atom stereocenters. The second-order valence-corrected chi connectivity index (χ2v) is 7.18. The van der Waals surface area contributed by atoms with Crippen LogP contribution in [0.3, 0.4) is 0 Å². The van der Waals surface area contributed by atoms with Crippen LogP contribution in [0.25, 0.3) is 0 Å². The number of halogens is 8. The molecule has 0 bridgehead atoms. The SMILES string of the molecule is Fc1cc(F)c(F)c(P(c2ccccn2)c2c(F)c(F)cc(F)c2F)c1F. The summed E-state index contributed by atoms with van der Waals surface area (Å²) in [6.45, 7) is 0. The highest BCUT2D eigenvalue weighted by Crippen LogP contribution is 2.38. The molecule has 0 aliphatic carbocycles. The van der Waals surface area contributed by atoms with Gasteiger partial charge in [-0.2, -0.15) is 0 Å². The Labute approximate surface area is 148 Å². The van der Waals surface area contributed by atoms with E-state index in [1.54, 1.807) is 0 Å². The standard InChI is InChI=1S/C17H6F8NP/c18-7-5-8(19)13(23)16(12(7)22)27(11-3-1-2-4-26-11)17-14(24)9(20)6-10(21)15(17)25/h1-6H. The van der Waals surface area contributed by atoms with Crippen LogP contribution in [0.4, 0.5) is 35.1 Å². The van der Waals surface area contributed by atoms with Crippen LogP contribution < -0.4 is 16.0 Å². The largest absolute Gasteiger partial charge is 0.256 e. The summed E-state index contributed by atoms with van der Waals surface area (Å²) in [4.78, 5) is 3.69. The maximum atomic E-state index is 14.3. The number of hydrogen-bond acceptors (Lipinski definition) is 1. The fourth-order valence-electron chi connectivity index (χ4n) is 2.34. The molecule has 3 rings (SSSR count). The zero-order valence-electron chi connectivity index (χ0n) is 12.9. The molecular formula is C17H6F8NP. The summed E-state index contributed by atoms with van der Waals surface area (Å²) < 4.78 is 112. The highest BCUT2D eigenvalue weighted by Gasteiger charge is 2.35. The molecule has 0 atom stereocenters. The van der Waals surface area contributed by atoms with Gasteiger partial charge in [0.1, 0.15) is 0 Å². The van der Waals surface area contributed by atoms with Gasteiger partial charge in [0.15, 0.2) is 46.5 Å². The molecule has 27 heavy (non-hydrogen) atoms. The molecule has 0 aliphatic rings. The lowest BCUT2D eigenvalue weighted by atomic mass is 10.3. The molecule has 2 aromatic carbocycles. The van der Waals surface area contributed by atoms with Crippen molar-refractivity contribution in [2.45, 2.75) is 0 Å². The first-order chi connectivity index (χ1) is 12.7. The topological polar surface area (TPSA) is 12.9 Å². The van der Waals surface area contributed by atoms with E-state index in [1.807, 2.05) is 0 Å². The number of aromatic nitrogens is 1. The van der Waals surface area contributed by atoms with E-state index in [0.29, 0.717) is 0 Å². The molecule has 0 saturated heterocycles. The number of benzene rings is 2. The van der Waals surface area contributed by atoms with Crippen LogP contribution in [0.2, 0.25) is 0 Å². The first kappa shape index (κ1) is 19.2. The van der Waals surface area contributed by atoms with Crippen molar-refractivity contribution < 1.29 is 35.1 Å². The van der Waals surface area contributed by atoms with Crippen molar-refractivity contribution in [3.8, 4) is 0 Å². The van der Waals surface area contributed by atoms with Gasteiger partial charge in [0, 0.05) is 26.3 Å². The summed E-state index contributed by atoms with van der Waals surface area (Å²) in [6, 6.07) is 3.45. The van der Waals surface area contributed by atoms with E-state index in [0.717, 1.165) is 12.3 Å². The van der Waals surface area contributed by atoms with Crippen molar-refractivity contribution in [2.75, 3.05) is 0 Å². The Kier molecular flexibility index (Phi) is 5.15. The van der Waals surface area contributed by atoms with Gasteiger partial charge in [-0.25, -0.2) is 35.1 Å². The fraction of sp³-hybridized carbons (Fsp3) is 0. The van der Waals surface area contributed by atoms with Crippen molar-refractivity contribution in [3.05, 3.63) is 83.1 Å². The Morgan fingerprint density at radius 3 is 1.33 bits per heavy atom. The van der Waals surface area contributed by atoms with Gasteiger partial charge in [0.2, 0.25) is 0 Å². The Balaban J connectivity index is 2.46. The van der Waals surface area contributed by atoms with Crippen molar-refractivity contribution >= 4 is 24.0 Å². The molecule has 0 aliphatic heterocycles. The van der Waals surface area contributed by atoms with Crippen LogP contribution in [0.1, 0.15) is 0 Å². The van der Waals surface area contributed by atoms with Crippen molar-refractivity contribution in [1.82, 2.24) is 4.98 Å². The lowest BCUT2D eigenvalue weighted by Gasteiger charge is -2.21. The molecular weight excluding hydrogens is 401 g/mol. The maximum Gasteiger partial charge on any atom is 0.170 e. The van der Waals surface area contributed by atoms with Crippen LogP contribution in [0, 0.1) is 46.5 Å². The van der Waals surface area contributed by atoms with E-state index >= 15 is 0 Å². The Morgan fingerprint density at radius 1 is 0.593 bits per heavy atom. The quantitative estimate of drug-likeness (QED) is 0.364. The van der Waals surface area contributed by atoms with E-state index in [-0.39, 0.29) is 12.1 Å². The van der Waals surface area contributed by atoms with Gasteiger partial charge in [-0.15, -0.1) is 0 Å². The molecule has 10 heteroatoms. The normalized spacial score (nSPS) is 11.3. The highest BCUT2D eigenvalue weighted by molar-refractivity contribution is 7.79. The smallest absolute Gasteiger partial charge is 0.170 e. The minimum atomic E-state index is -3.17. The van der Waals surface area contributed by atoms with Crippen LogP contribution in [-0.2, 0) is 0 Å². The zero-order valence-corrected chi connectivity index (χ0v) is 13.8. The van der Waals surface area contributed by atoms with Crippen LogP contribution in [-0.4, -0.2) is 4.98 Å². The molecule has 3 aromatic rings. The second kappa shape index (κ2) is 7.23. The number of nitrogens with zero attached hydrogens (tertiary/aromatic N) is 1. The average molecular weight is 407 g/mol. The first-order valence-electron chi connectivity index (χ1n) is 7.11. The molecule has 0 fully saturated rings. The Bertz CT molecular complexity index is 910. The predicted molar refractivity (Wildman–Crippen MR) is 82.6 cm³/mol. The van der Waals surface area contributed by atoms with Crippen molar-refractivity contribution in [1.29, 1.82) is 0 Å². The molecule has 0 N–H and O–H groups in total. The maximum absolute atomic E-state index is 14.3. The number of hydrogen-bond donors (Lipinski definition) is 0. The van der Waals surface area contributed by atoms with Crippen molar-refractivity contribution in [2.24, 2.45) is 0 Å². The predicted octanol–water partition coefficient (Wildman–Crippen LogP) is 3.95. The van der Waals surface area contributed by atoms with Gasteiger partial charge < -0.3 is 0 Å². The molecule has 0 amide bonds. The third-order valence-electron chi connectivity index (χ3n) is 3.50. The monoisotopic (exact) mass is 407 g/mol. The molecule has 1 heterocycles. The van der Waals surface area contributed by atoms with Gasteiger partial charge in [-0.1, -0.05) is 6.07 Å². The van der Waals surface area contributed by atoms with Gasteiger partial charge in [-0.3, -0.25) is 4.98 Å². The molecule has 0 saturated carbocycles. The molecule has 140 valence electrons. The van der Waals surface area contributed by atoms with E-state index in [4.69, 9.17) is 0 Å². The Morgan fingerprint density at radius 2 is 1.00 bits per heavy atom. The summed E-state index contributed by atoms with van der Waals surface area (Å²) in [5, 5.41) is -2.83.